The van der Waals surface area contributed by atoms with Crippen LogP contribution in [0.3, 0.4) is 0 Å². The molecule has 1 atom stereocenters. The van der Waals surface area contributed by atoms with E-state index in [-0.39, 0.29) is 17.9 Å². The molecule has 2 aliphatic heterocycles. The van der Waals surface area contributed by atoms with Gasteiger partial charge < -0.3 is 9.80 Å². The van der Waals surface area contributed by atoms with Gasteiger partial charge >= 0.3 is 0 Å². The highest BCUT2D eigenvalue weighted by Gasteiger charge is 2.30. The van der Waals surface area contributed by atoms with Crippen LogP contribution in [0.4, 0.5) is 0 Å². The van der Waals surface area contributed by atoms with Crippen molar-refractivity contribution in [2.75, 3.05) is 19.6 Å². The Kier molecular flexibility index (Phi) is 6.95. The van der Waals surface area contributed by atoms with E-state index in [1.807, 2.05) is 34.9 Å². The summed E-state index contributed by atoms with van der Waals surface area (Å²) in [5.74, 6) is 0.854. The van der Waals surface area contributed by atoms with Crippen LogP contribution in [0.1, 0.15) is 78.4 Å². The lowest BCUT2D eigenvalue weighted by molar-refractivity contribution is -0.135. The SMILES string of the molecule is Cc1nc([C@H]2CCCCN2C(=O)CCc2ccccc2)ncc1C(=O)N1CCCCC1. The number of carbonyl (C=O) groups is 2. The molecule has 0 unspecified atom stereocenters. The molecule has 31 heavy (non-hydrogen) atoms. The smallest absolute Gasteiger partial charge is 0.257 e. The Morgan fingerprint density at radius 3 is 2.48 bits per heavy atom. The second kappa shape index (κ2) is 10.0. The zero-order valence-electron chi connectivity index (χ0n) is 18.4. The summed E-state index contributed by atoms with van der Waals surface area (Å²) < 4.78 is 0. The molecule has 164 valence electrons. The molecule has 0 radical (unpaired) electrons. The van der Waals surface area contributed by atoms with Crippen LogP contribution in [0.5, 0.6) is 0 Å². The molecule has 3 heterocycles. The van der Waals surface area contributed by atoms with Crippen molar-refractivity contribution in [3.05, 3.63) is 59.2 Å². The zero-order valence-corrected chi connectivity index (χ0v) is 18.4. The van der Waals surface area contributed by atoms with Crippen molar-refractivity contribution < 1.29 is 9.59 Å². The quantitative estimate of drug-likeness (QED) is 0.730. The Hall–Kier alpha value is -2.76. The number of piperidine rings is 2. The van der Waals surface area contributed by atoms with Gasteiger partial charge in [-0.05, 0) is 57.4 Å². The first-order chi connectivity index (χ1) is 15.1. The third-order valence-corrected chi connectivity index (χ3v) is 6.46. The minimum absolute atomic E-state index is 0.0307. The van der Waals surface area contributed by atoms with Gasteiger partial charge in [-0.1, -0.05) is 30.3 Å². The number of nitrogens with zero attached hydrogens (tertiary/aromatic N) is 4. The van der Waals surface area contributed by atoms with Crippen molar-refractivity contribution in [2.24, 2.45) is 0 Å². The number of benzene rings is 1. The first-order valence-corrected chi connectivity index (χ1v) is 11.6. The fraction of sp³-hybridized carbons (Fsp3) is 0.520. The molecular weight excluding hydrogens is 388 g/mol. The maximum absolute atomic E-state index is 13.0. The molecule has 6 nitrogen and oxygen atoms in total. The monoisotopic (exact) mass is 420 g/mol. The summed E-state index contributed by atoms with van der Waals surface area (Å²) in [6.07, 6.45) is 9.16. The molecule has 0 spiro atoms. The molecule has 0 aliphatic carbocycles. The maximum atomic E-state index is 13.0. The maximum Gasteiger partial charge on any atom is 0.257 e. The predicted molar refractivity (Wildman–Crippen MR) is 120 cm³/mol. The molecule has 0 bridgehead atoms. The fourth-order valence-electron chi connectivity index (χ4n) is 4.66. The number of aromatic nitrogens is 2. The minimum Gasteiger partial charge on any atom is -0.339 e. The van der Waals surface area contributed by atoms with Crippen LogP contribution < -0.4 is 0 Å². The Labute approximate surface area is 184 Å². The highest BCUT2D eigenvalue weighted by molar-refractivity contribution is 5.95. The van der Waals surface area contributed by atoms with Crippen molar-refractivity contribution in [3.63, 3.8) is 0 Å². The van der Waals surface area contributed by atoms with Gasteiger partial charge in [0.1, 0.15) is 0 Å². The summed E-state index contributed by atoms with van der Waals surface area (Å²) in [7, 11) is 0. The highest BCUT2D eigenvalue weighted by atomic mass is 16.2. The number of hydrogen-bond donors (Lipinski definition) is 0. The van der Waals surface area contributed by atoms with E-state index >= 15 is 0 Å². The number of aryl methyl sites for hydroxylation is 2. The van der Waals surface area contributed by atoms with Crippen LogP contribution in [0.2, 0.25) is 0 Å². The molecule has 0 N–H and O–H groups in total. The van der Waals surface area contributed by atoms with E-state index in [1.54, 1.807) is 6.20 Å². The van der Waals surface area contributed by atoms with E-state index in [9.17, 15) is 9.59 Å². The lowest BCUT2D eigenvalue weighted by Crippen LogP contribution is -2.40. The second-order valence-electron chi connectivity index (χ2n) is 8.66. The molecule has 0 saturated carbocycles. The Morgan fingerprint density at radius 1 is 1.00 bits per heavy atom. The van der Waals surface area contributed by atoms with E-state index in [2.05, 4.69) is 17.1 Å². The second-order valence-corrected chi connectivity index (χ2v) is 8.66. The molecule has 1 aromatic carbocycles. The first kappa shape index (κ1) is 21.5. The molecule has 2 aromatic rings. The van der Waals surface area contributed by atoms with Crippen molar-refractivity contribution >= 4 is 11.8 Å². The Morgan fingerprint density at radius 2 is 1.74 bits per heavy atom. The normalized spacial score (nSPS) is 19.3. The number of rotatable bonds is 5. The van der Waals surface area contributed by atoms with Crippen LogP contribution in [0.15, 0.2) is 36.5 Å². The lowest BCUT2D eigenvalue weighted by atomic mass is 9.99. The summed E-state index contributed by atoms with van der Waals surface area (Å²) in [4.78, 5) is 39.1. The Bertz CT molecular complexity index is 909. The fourth-order valence-corrected chi connectivity index (χ4v) is 4.66. The average Bonchev–Trinajstić information content (AvgIpc) is 2.83. The van der Waals surface area contributed by atoms with Crippen molar-refractivity contribution in [3.8, 4) is 0 Å². The molecule has 4 rings (SSSR count). The summed E-state index contributed by atoms with van der Waals surface area (Å²) in [5, 5.41) is 0. The topological polar surface area (TPSA) is 66.4 Å². The van der Waals surface area contributed by atoms with Crippen LogP contribution in [0.25, 0.3) is 0 Å². The van der Waals surface area contributed by atoms with E-state index in [4.69, 9.17) is 4.98 Å². The molecule has 6 heteroatoms. The van der Waals surface area contributed by atoms with Crippen LogP contribution >= 0.6 is 0 Å². The van der Waals surface area contributed by atoms with Crippen LogP contribution in [0, 0.1) is 6.92 Å². The lowest BCUT2D eigenvalue weighted by Gasteiger charge is -2.35. The van der Waals surface area contributed by atoms with Gasteiger partial charge in [0.2, 0.25) is 5.91 Å². The van der Waals surface area contributed by atoms with E-state index in [0.717, 1.165) is 58.2 Å². The standard InChI is InChI=1S/C25H32N4O2/c1-19-21(25(31)28-15-7-3-8-16-28)18-26-24(27-19)22-12-6-9-17-29(22)23(30)14-13-20-10-4-2-5-11-20/h2,4-5,10-11,18,22H,3,6-9,12-17H2,1H3/t22-/m1/s1. The van der Waals surface area contributed by atoms with Crippen LogP contribution in [-0.4, -0.2) is 51.2 Å². The van der Waals surface area contributed by atoms with Crippen molar-refractivity contribution in [1.29, 1.82) is 0 Å². The van der Waals surface area contributed by atoms with Gasteiger partial charge in [0, 0.05) is 32.3 Å². The summed E-state index contributed by atoms with van der Waals surface area (Å²) >= 11 is 0. The zero-order chi connectivity index (χ0) is 21.6. The summed E-state index contributed by atoms with van der Waals surface area (Å²) in [5.41, 5.74) is 2.48. The molecular formula is C25H32N4O2. The van der Waals surface area contributed by atoms with Gasteiger partial charge in [0.15, 0.2) is 5.82 Å². The number of hydrogen-bond acceptors (Lipinski definition) is 4. The number of likely N-dealkylation sites (tertiary alicyclic amines) is 2. The van der Waals surface area contributed by atoms with Crippen molar-refractivity contribution in [2.45, 2.75) is 64.3 Å². The van der Waals surface area contributed by atoms with Gasteiger partial charge in [-0.2, -0.15) is 0 Å². The van der Waals surface area contributed by atoms with Gasteiger partial charge in [0.25, 0.3) is 5.91 Å². The van der Waals surface area contributed by atoms with E-state index in [1.165, 1.54) is 12.0 Å². The minimum atomic E-state index is -0.102. The summed E-state index contributed by atoms with van der Waals surface area (Å²) in [6.45, 7) is 4.25. The van der Waals surface area contributed by atoms with Crippen molar-refractivity contribution in [1.82, 2.24) is 19.8 Å². The van der Waals surface area contributed by atoms with Gasteiger partial charge in [-0.3, -0.25) is 9.59 Å². The molecule has 2 aliphatic rings. The first-order valence-electron chi connectivity index (χ1n) is 11.6. The van der Waals surface area contributed by atoms with Gasteiger partial charge in [-0.25, -0.2) is 9.97 Å². The molecule has 2 fully saturated rings. The van der Waals surface area contributed by atoms with Gasteiger partial charge in [0.05, 0.1) is 17.3 Å². The van der Waals surface area contributed by atoms with Crippen LogP contribution in [-0.2, 0) is 11.2 Å². The molecule has 2 amide bonds. The number of carbonyl (C=O) groups excluding carboxylic acids is 2. The third-order valence-electron chi connectivity index (χ3n) is 6.46. The van der Waals surface area contributed by atoms with Gasteiger partial charge in [-0.15, -0.1) is 0 Å². The third kappa shape index (κ3) is 5.12. The summed E-state index contributed by atoms with van der Waals surface area (Å²) in [6, 6.07) is 10.0. The predicted octanol–water partition coefficient (Wildman–Crippen LogP) is 4.10. The molecule has 1 aromatic heterocycles. The number of amides is 2. The average molecular weight is 421 g/mol. The molecule has 2 saturated heterocycles. The van der Waals surface area contributed by atoms with E-state index < -0.39 is 0 Å². The van der Waals surface area contributed by atoms with E-state index in [0.29, 0.717) is 23.5 Å². The highest BCUT2D eigenvalue weighted by Crippen LogP contribution is 2.30. The largest absolute Gasteiger partial charge is 0.339 e. The Balaban J connectivity index is 1.46.